The molecule has 0 saturated carbocycles. The van der Waals surface area contributed by atoms with Crippen LogP contribution in [0, 0.1) is 0 Å². The van der Waals surface area contributed by atoms with E-state index in [0.29, 0.717) is 0 Å². The Bertz CT molecular complexity index is 767. The Labute approximate surface area is 132 Å². The van der Waals surface area contributed by atoms with Crippen molar-refractivity contribution in [1.29, 1.82) is 0 Å². The van der Waals surface area contributed by atoms with Gasteiger partial charge in [0.1, 0.15) is 11.4 Å². The van der Waals surface area contributed by atoms with Gasteiger partial charge < -0.3 is 4.74 Å². The highest BCUT2D eigenvalue weighted by Gasteiger charge is 2.14. The highest BCUT2D eigenvalue weighted by Crippen LogP contribution is 2.31. The lowest BCUT2D eigenvalue weighted by Crippen LogP contribution is -2.23. The van der Waals surface area contributed by atoms with E-state index in [0.717, 1.165) is 12.2 Å². The maximum absolute atomic E-state index is 6.12. The van der Waals surface area contributed by atoms with Crippen LogP contribution in [0.5, 0.6) is 5.75 Å². The van der Waals surface area contributed by atoms with Crippen molar-refractivity contribution < 1.29 is 4.74 Å². The molecule has 0 aliphatic rings. The monoisotopic (exact) mass is 290 g/mol. The first-order chi connectivity index (χ1) is 10.5. The molecule has 0 saturated heterocycles. The molecular formula is C21H22O. The van der Waals surface area contributed by atoms with Crippen molar-refractivity contribution in [3.8, 4) is 5.75 Å². The van der Waals surface area contributed by atoms with Gasteiger partial charge in [0.2, 0.25) is 0 Å². The van der Waals surface area contributed by atoms with Gasteiger partial charge in [-0.25, -0.2) is 0 Å². The molecule has 0 amide bonds. The summed E-state index contributed by atoms with van der Waals surface area (Å²) in [5, 5.41) is 2.46. The summed E-state index contributed by atoms with van der Waals surface area (Å²) in [5.41, 5.74) is 2.48. The zero-order chi connectivity index (χ0) is 15.6. The second-order valence-electron chi connectivity index (χ2n) is 6.65. The van der Waals surface area contributed by atoms with E-state index < -0.39 is 0 Å². The third-order valence-electron chi connectivity index (χ3n) is 3.63. The second kappa shape index (κ2) is 5.84. The van der Waals surface area contributed by atoms with Gasteiger partial charge in [0.25, 0.3) is 0 Å². The summed E-state index contributed by atoms with van der Waals surface area (Å²) in [6.07, 6.45) is 0.942. The number of benzene rings is 3. The van der Waals surface area contributed by atoms with Gasteiger partial charge >= 0.3 is 0 Å². The van der Waals surface area contributed by atoms with Gasteiger partial charge in [-0.2, -0.15) is 0 Å². The Kier molecular flexibility index (Phi) is 3.89. The van der Waals surface area contributed by atoms with Gasteiger partial charge in [0, 0.05) is 5.39 Å². The van der Waals surface area contributed by atoms with E-state index in [9.17, 15) is 0 Å². The second-order valence-corrected chi connectivity index (χ2v) is 6.65. The standard InChI is InChI=1S/C21H22O/c1-21(2,3)22-20-14-8-12-18-17(11-7-13-19(18)20)15-16-9-5-4-6-10-16/h4-14H,15H2,1-3H3. The summed E-state index contributed by atoms with van der Waals surface area (Å²) in [6.45, 7) is 6.25. The first kappa shape index (κ1) is 14.6. The van der Waals surface area contributed by atoms with E-state index in [2.05, 4.69) is 87.5 Å². The zero-order valence-corrected chi connectivity index (χ0v) is 13.5. The fourth-order valence-corrected chi connectivity index (χ4v) is 2.74. The number of hydrogen-bond donors (Lipinski definition) is 0. The van der Waals surface area contributed by atoms with E-state index in [1.165, 1.54) is 21.9 Å². The smallest absolute Gasteiger partial charge is 0.127 e. The van der Waals surface area contributed by atoms with Crippen molar-refractivity contribution in [3.05, 3.63) is 77.9 Å². The Balaban J connectivity index is 2.04. The normalized spacial score (nSPS) is 11.6. The largest absolute Gasteiger partial charge is 0.488 e. The number of ether oxygens (including phenoxy) is 1. The molecule has 0 fully saturated rings. The number of hydrogen-bond acceptors (Lipinski definition) is 1. The Morgan fingerprint density at radius 2 is 1.41 bits per heavy atom. The van der Waals surface area contributed by atoms with Crippen LogP contribution in [-0.2, 0) is 6.42 Å². The third kappa shape index (κ3) is 3.30. The van der Waals surface area contributed by atoms with Crippen LogP contribution in [-0.4, -0.2) is 5.60 Å². The molecule has 3 aromatic rings. The molecule has 0 aliphatic carbocycles. The summed E-state index contributed by atoms with van der Waals surface area (Å²) in [6, 6.07) is 23.4. The van der Waals surface area contributed by atoms with Crippen LogP contribution in [0.4, 0.5) is 0 Å². The number of rotatable bonds is 3. The fourth-order valence-electron chi connectivity index (χ4n) is 2.74. The van der Waals surface area contributed by atoms with E-state index >= 15 is 0 Å². The lowest BCUT2D eigenvalue weighted by molar-refractivity contribution is 0.133. The van der Waals surface area contributed by atoms with Crippen LogP contribution in [0.3, 0.4) is 0 Å². The first-order valence-corrected chi connectivity index (χ1v) is 7.76. The molecule has 0 spiro atoms. The molecule has 112 valence electrons. The molecule has 0 aromatic heterocycles. The maximum atomic E-state index is 6.12. The highest BCUT2D eigenvalue weighted by atomic mass is 16.5. The van der Waals surface area contributed by atoms with Crippen molar-refractivity contribution in [1.82, 2.24) is 0 Å². The topological polar surface area (TPSA) is 9.23 Å². The SMILES string of the molecule is CC(C)(C)Oc1cccc2c(Cc3ccccc3)cccc12. The summed E-state index contributed by atoms with van der Waals surface area (Å²) in [5.74, 6) is 0.958. The molecule has 3 rings (SSSR count). The summed E-state index contributed by atoms with van der Waals surface area (Å²) in [4.78, 5) is 0. The minimum Gasteiger partial charge on any atom is -0.488 e. The lowest BCUT2D eigenvalue weighted by Gasteiger charge is -2.22. The summed E-state index contributed by atoms with van der Waals surface area (Å²) in [7, 11) is 0. The van der Waals surface area contributed by atoms with Gasteiger partial charge in [-0.3, -0.25) is 0 Å². The van der Waals surface area contributed by atoms with Gasteiger partial charge in [0.15, 0.2) is 0 Å². The van der Waals surface area contributed by atoms with Crippen molar-refractivity contribution in [2.45, 2.75) is 32.8 Å². The van der Waals surface area contributed by atoms with E-state index in [1.54, 1.807) is 0 Å². The summed E-state index contributed by atoms with van der Waals surface area (Å²) >= 11 is 0. The molecule has 0 heterocycles. The molecule has 0 radical (unpaired) electrons. The Hall–Kier alpha value is -2.28. The molecule has 0 atom stereocenters. The van der Waals surface area contributed by atoms with Gasteiger partial charge in [-0.15, -0.1) is 0 Å². The minimum absolute atomic E-state index is 0.191. The van der Waals surface area contributed by atoms with E-state index in [4.69, 9.17) is 4.74 Å². The maximum Gasteiger partial charge on any atom is 0.127 e. The average molecular weight is 290 g/mol. The summed E-state index contributed by atoms with van der Waals surface area (Å²) < 4.78 is 6.12. The molecule has 0 unspecified atom stereocenters. The fraction of sp³-hybridized carbons (Fsp3) is 0.238. The van der Waals surface area contributed by atoms with Crippen LogP contribution in [0.2, 0.25) is 0 Å². The van der Waals surface area contributed by atoms with Crippen LogP contribution in [0.1, 0.15) is 31.9 Å². The molecule has 0 bridgehead atoms. The molecule has 0 N–H and O–H groups in total. The Morgan fingerprint density at radius 1 is 0.727 bits per heavy atom. The first-order valence-electron chi connectivity index (χ1n) is 7.76. The molecule has 0 aliphatic heterocycles. The van der Waals surface area contributed by atoms with Crippen LogP contribution in [0.15, 0.2) is 66.7 Å². The van der Waals surface area contributed by atoms with Gasteiger partial charge in [-0.05, 0) is 49.8 Å². The lowest BCUT2D eigenvalue weighted by atomic mass is 9.98. The molecule has 1 nitrogen and oxygen atoms in total. The van der Waals surface area contributed by atoms with Crippen molar-refractivity contribution in [3.63, 3.8) is 0 Å². The van der Waals surface area contributed by atoms with Crippen molar-refractivity contribution in [2.75, 3.05) is 0 Å². The average Bonchev–Trinajstić information content (AvgIpc) is 2.48. The van der Waals surface area contributed by atoms with Gasteiger partial charge in [-0.1, -0.05) is 60.7 Å². The van der Waals surface area contributed by atoms with Crippen molar-refractivity contribution in [2.24, 2.45) is 0 Å². The van der Waals surface area contributed by atoms with E-state index in [-0.39, 0.29) is 5.60 Å². The minimum atomic E-state index is -0.191. The highest BCUT2D eigenvalue weighted by molar-refractivity contribution is 5.91. The van der Waals surface area contributed by atoms with Crippen LogP contribution >= 0.6 is 0 Å². The molecule has 22 heavy (non-hydrogen) atoms. The molecular weight excluding hydrogens is 268 g/mol. The van der Waals surface area contributed by atoms with Crippen molar-refractivity contribution >= 4 is 10.8 Å². The predicted octanol–water partition coefficient (Wildman–Crippen LogP) is 5.61. The number of fused-ring (bicyclic) bond motifs is 1. The predicted molar refractivity (Wildman–Crippen MR) is 93.6 cm³/mol. The van der Waals surface area contributed by atoms with Crippen LogP contribution < -0.4 is 4.74 Å². The zero-order valence-electron chi connectivity index (χ0n) is 13.5. The van der Waals surface area contributed by atoms with Gasteiger partial charge in [0.05, 0.1) is 0 Å². The molecule has 1 heteroatoms. The third-order valence-corrected chi connectivity index (χ3v) is 3.63. The van der Waals surface area contributed by atoms with Crippen LogP contribution in [0.25, 0.3) is 10.8 Å². The Morgan fingerprint density at radius 3 is 2.14 bits per heavy atom. The quantitative estimate of drug-likeness (QED) is 0.609. The van der Waals surface area contributed by atoms with E-state index in [1.807, 2.05) is 0 Å². The molecule has 3 aromatic carbocycles.